The van der Waals surface area contributed by atoms with Crippen molar-refractivity contribution in [2.45, 2.75) is 49.1 Å². The van der Waals surface area contributed by atoms with E-state index < -0.39 is 90.5 Å². The Morgan fingerprint density at radius 1 is 0.732 bits per heavy atom. The summed E-state index contributed by atoms with van der Waals surface area (Å²) in [6, 6.07) is 24.3. The second-order valence-electron chi connectivity index (χ2n) is 13.2. The molecule has 0 radical (unpaired) electrons. The van der Waals surface area contributed by atoms with Crippen LogP contribution in [0, 0.1) is 11.6 Å². The van der Waals surface area contributed by atoms with Crippen LogP contribution in [0.2, 0.25) is 0 Å². The number of carboxylic acid groups (broad SMARTS) is 1. The monoisotopic (exact) mass is 786 g/mol. The average Bonchev–Trinajstić information content (AvgIpc) is 3.45. The van der Waals surface area contributed by atoms with E-state index in [1.807, 2.05) is 0 Å². The van der Waals surface area contributed by atoms with E-state index in [0.717, 1.165) is 30.3 Å². The van der Waals surface area contributed by atoms with Crippen LogP contribution < -0.4 is 10.1 Å². The van der Waals surface area contributed by atoms with Crippen LogP contribution in [-0.4, -0.2) is 53.3 Å². The van der Waals surface area contributed by atoms with Crippen LogP contribution in [0.15, 0.2) is 121 Å². The maximum absolute atomic E-state index is 15.3. The molecule has 0 aromatic heterocycles. The van der Waals surface area contributed by atoms with Gasteiger partial charge in [0, 0.05) is 24.9 Å². The molecular weight excluding hydrogens is 755 g/mol. The Labute approximate surface area is 314 Å². The summed E-state index contributed by atoms with van der Waals surface area (Å²) in [5.41, 5.74) is 0.129. The van der Waals surface area contributed by atoms with Gasteiger partial charge in [-0.15, -0.1) is 0 Å². The molecule has 0 fully saturated rings. The van der Waals surface area contributed by atoms with Crippen LogP contribution in [-0.2, 0) is 16.8 Å². The van der Waals surface area contributed by atoms with Gasteiger partial charge < -0.3 is 15.2 Å². The molecule has 0 unspecified atom stereocenters. The smallest absolute Gasteiger partial charge is 0.461 e. The molecule has 5 aromatic carbocycles. The van der Waals surface area contributed by atoms with Crippen molar-refractivity contribution in [1.82, 2.24) is 10.2 Å². The van der Waals surface area contributed by atoms with Crippen molar-refractivity contribution in [3.63, 3.8) is 0 Å². The number of carbonyl (C=O) groups excluding carboxylic acids is 1. The second-order valence-corrected chi connectivity index (χ2v) is 13.2. The number of rotatable bonds is 13. The zero-order chi connectivity index (χ0) is 40.4. The average molecular weight is 787 g/mol. The van der Waals surface area contributed by atoms with Gasteiger partial charge in [-0.2, -0.15) is 30.7 Å². The first kappa shape index (κ1) is 39.7. The SMILES string of the molecule is O=C(C[C@H](N(CC1c2ccccc2-c2ccccc21)C(=O)O)C(F)(F)F)N[C@](Cc1ccccc1)(c1ccc(F)cc1)c1cc(F)cc(OC(F)(F)C(F)F)c1. The highest BCUT2D eigenvalue weighted by molar-refractivity contribution is 5.81. The number of halogens is 9. The Hall–Kier alpha value is -5.99. The van der Waals surface area contributed by atoms with E-state index in [2.05, 4.69) is 10.1 Å². The molecule has 0 bridgehead atoms. The quantitative estimate of drug-likeness (QED) is 0.117. The first-order valence-corrected chi connectivity index (χ1v) is 17.0. The molecule has 2 atom stereocenters. The van der Waals surface area contributed by atoms with E-state index >= 15 is 17.6 Å². The van der Waals surface area contributed by atoms with Gasteiger partial charge >= 0.3 is 24.8 Å². The summed E-state index contributed by atoms with van der Waals surface area (Å²) in [6.07, 6.45) is -18.7. The zero-order valence-corrected chi connectivity index (χ0v) is 28.9. The van der Waals surface area contributed by atoms with Crippen molar-refractivity contribution < 1.29 is 58.9 Å². The number of fused-ring (bicyclic) bond motifs is 3. The molecule has 5 aromatic rings. The van der Waals surface area contributed by atoms with Crippen LogP contribution in [0.1, 0.15) is 40.2 Å². The molecule has 1 aliphatic carbocycles. The van der Waals surface area contributed by atoms with Crippen molar-refractivity contribution in [2.24, 2.45) is 0 Å². The Kier molecular flexibility index (Phi) is 11.1. The summed E-state index contributed by atoms with van der Waals surface area (Å²) < 4.78 is 133. The van der Waals surface area contributed by atoms with E-state index in [-0.39, 0.29) is 10.5 Å². The Bertz CT molecular complexity index is 2150. The third-order valence-electron chi connectivity index (χ3n) is 9.59. The number of amides is 2. The summed E-state index contributed by atoms with van der Waals surface area (Å²) in [4.78, 5) is 27.0. The fourth-order valence-electron chi connectivity index (χ4n) is 7.12. The van der Waals surface area contributed by atoms with Gasteiger partial charge in [0.1, 0.15) is 23.4 Å². The maximum atomic E-state index is 15.3. The van der Waals surface area contributed by atoms with Gasteiger partial charge in [-0.25, -0.2) is 13.6 Å². The highest BCUT2D eigenvalue weighted by atomic mass is 19.4. The highest BCUT2D eigenvalue weighted by Gasteiger charge is 2.50. The van der Waals surface area contributed by atoms with Gasteiger partial charge in [0.2, 0.25) is 5.91 Å². The molecule has 1 aliphatic rings. The van der Waals surface area contributed by atoms with Crippen LogP contribution in [0.4, 0.5) is 44.3 Å². The number of benzene rings is 5. The topological polar surface area (TPSA) is 78.9 Å². The third-order valence-corrected chi connectivity index (χ3v) is 9.59. The lowest BCUT2D eigenvalue weighted by Crippen LogP contribution is -2.54. The molecule has 0 saturated carbocycles. The standard InChI is InChI=1S/C41H31F9N2O4/c42-27-16-14-25(15-17-27)39(22-24-8-2-1-3-9-24,26-18-28(43)20-29(19-26)56-41(49,50)37(44)45)51-36(53)21-35(40(46,47)48)52(38(54)55)23-34-32-12-6-4-10-30(32)31-11-5-7-13-33(31)34/h1-20,34-35,37H,21-23H2,(H,51,53)(H,54,55)/t35-,39+/m0/s1. The Morgan fingerprint density at radius 2 is 1.30 bits per heavy atom. The predicted octanol–water partition coefficient (Wildman–Crippen LogP) is 9.92. The second kappa shape index (κ2) is 15.6. The van der Waals surface area contributed by atoms with Gasteiger partial charge in [0.15, 0.2) is 0 Å². The van der Waals surface area contributed by atoms with Crippen LogP contribution in [0.25, 0.3) is 11.1 Å². The molecule has 56 heavy (non-hydrogen) atoms. The lowest BCUT2D eigenvalue weighted by atomic mass is 9.77. The first-order chi connectivity index (χ1) is 26.5. The normalized spacial score (nSPS) is 14.4. The number of nitrogens with zero attached hydrogens (tertiary/aromatic N) is 1. The van der Waals surface area contributed by atoms with Crippen molar-refractivity contribution in [3.8, 4) is 16.9 Å². The van der Waals surface area contributed by atoms with Crippen LogP contribution in [0.5, 0.6) is 5.75 Å². The minimum atomic E-state index is -5.33. The Balaban J connectivity index is 1.44. The predicted molar refractivity (Wildman–Crippen MR) is 186 cm³/mol. The van der Waals surface area contributed by atoms with E-state index in [1.54, 1.807) is 66.7 Å². The van der Waals surface area contributed by atoms with Gasteiger partial charge in [-0.05, 0) is 63.2 Å². The van der Waals surface area contributed by atoms with E-state index in [0.29, 0.717) is 39.9 Å². The number of ether oxygens (including phenoxy) is 1. The summed E-state index contributed by atoms with van der Waals surface area (Å²) in [6.45, 7) is -0.711. The van der Waals surface area contributed by atoms with Gasteiger partial charge in [-0.1, -0.05) is 91.0 Å². The van der Waals surface area contributed by atoms with Crippen molar-refractivity contribution in [1.29, 1.82) is 0 Å². The largest absolute Gasteiger partial charge is 0.465 e. The molecule has 6 nitrogen and oxygen atoms in total. The molecule has 2 amide bonds. The molecule has 292 valence electrons. The fraction of sp³-hybridized carbons (Fsp3) is 0.220. The summed E-state index contributed by atoms with van der Waals surface area (Å²) >= 11 is 0. The lowest BCUT2D eigenvalue weighted by Gasteiger charge is -2.38. The minimum absolute atomic E-state index is 0.0916. The van der Waals surface area contributed by atoms with Crippen molar-refractivity contribution in [3.05, 3.63) is 161 Å². The van der Waals surface area contributed by atoms with Gasteiger partial charge in [0.25, 0.3) is 0 Å². The number of alkyl halides is 7. The van der Waals surface area contributed by atoms with Gasteiger partial charge in [-0.3, -0.25) is 9.69 Å². The minimum Gasteiger partial charge on any atom is -0.465 e. The molecule has 15 heteroatoms. The van der Waals surface area contributed by atoms with E-state index in [4.69, 9.17) is 0 Å². The maximum Gasteiger partial charge on any atom is 0.461 e. The number of carbonyl (C=O) groups is 2. The molecule has 0 saturated heterocycles. The number of hydrogen-bond donors (Lipinski definition) is 2. The molecule has 0 aliphatic heterocycles. The van der Waals surface area contributed by atoms with Crippen molar-refractivity contribution in [2.75, 3.05) is 6.54 Å². The van der Waals surface area contributed by atoms with Crippen LogP contribution in [0.3, 0.4) is 0 Å². The Morgan fingerprint density at radius 3 is 1.86 bits per heavy atom. The van der Waals surface area contributed by atoms with Gasteiger partial charge in [0.05, 0.1) is 12.0 Å². The number of hydrogen-bond acceptors (Lipinski definition) is 3. The lowest BCUT2D eigenvalue weighted by molar-refractivity contribution is -0.253. The molecule has 6 rings (SSSR count). The molecular formula is C41H31F9N2O4. The van der Waals surface area contributed by atoms with Crippen LogP contribution >= 0.6 is 0 Å². The number of nitrogens with one attached hydrogen (secondary N) is 1. The zero-order valence-electron chi connectivity index (χ0n) is 28.9. The highest BCUT2D eigenvalue weighted by Crippen LogP contribution is 2.46. The molecule has 0 spiro atoms. The summed E-state index contributed by atoms with van der Waals surface area (Å²) in [7, 11) is 0. The first-order valence-electron chi connectivity index (χ1n) is 17.0. The summed E-state index contributed by atoms with van der Waals surface area (Å²) in [5, 5.41) is 12.7. The molecule has 0 heterocycles. The van der Waals surface area contributed by atoms with Crippen molar-refractivity contribution >= 4 is 12.0 Å². The van der Waals surface area contributed by atoms with E-state index in [9.17, 15) is 36.6 Å². The molecule has 2 N–H and O–H groups in total. The third kappa shape index (κ3) is 8.31. The summed E-state index contributed by atoms with van der Waals surface area (Å²) in [5.74, 6) is -5.52. The van der Waals surface area contributed by atoms with E-state index in [1.165, 1.54) is 12.1 Å². The fourth-order valence-corrected chi connectivity index (χ4v) is 7.12.